The van der Waals surface area contributed by atoms with Crippen molar-refractivity contribution in [1.82, 2.24) is 0 Å². The molecular formula is C13H17FN2O4S. The van der Waals surface area contributed by atoms with Crippen molar-refractivity contribution in [3.63, 3.8) is 0 Å². The molecule has 1 heterocycles. The van der Waals surface area contributed by atoms with Crippen molar-refractivity contribution < 1.29 is 22.7 Å². The summed E-state index contributed by atoms with van der Waals surface area (Å²) in [5, 5.41) is 8.49. The summed E-state index contributed by atoms with van der Waals surface area (Å²) in [5.74, 6) is -2.23. The van der Waals surface area contributed by atoms with Crippen molar-refractivity contribution in [2.45, 2.75) is 19.3 Å². The molecule has 0 spiro atoms. The molecule has 1 aromatic carbocycles. The number of hydrogen-bond acceptors (Lipinski definition) is 4. The van der Waals surface area contributed by atoms with Crippen molar-refractivity contribution in [3.05, 3.63) is 24.0 Å². The molecule has 1 aliphatic rings. The highest BCUT2D eigenvalue weighted by atomic mass is 32.2. The van der Waals surface area contributed by atoms with Crippen LogP contribution >= 0.6 is 0 Å². The summed E-state index contributed by atoms with van der Waals surface area (Å²) in [5.41, 5.74) is 0.557. The summed E-state index contributed by atoms with van der Waals surface area (Å²) in [6.07, 6.45) is 1.54. The van der Waals surface area contributed by atoms with Gasteiger partial charge in [-0.1, -0.05) is 0 Å². The third-order valence-corrected chi connectivity index (χ3v) is 4.54. The molecule has 1 saturated heterocycles. The van der Waals surface area contributed by atoms with E-state index >= 15 is 0 Å². The normalized spacial score (nSPS) is 15.2. The fraction of sp³-hybridized carbons (Fsp3) is 0.462. The molecule has 1 fully saturated rings. The molecule has 0 amide bonds. The van der Waals surface area contributed by atoms with E-state index < -0.39 is 34.0 Å². The third-order valence-electron chi connectivity index (χ3n) is 3.25. The zero-order valence-electron chi connectivity index (χ0n) is 11.4. The zero-order valence-corrected chi connectivity index (χ0v) is 12.2. The topological polar surface area (TPSA) is 86.7 Å². The lowest BCUT2D eigenvalue weighted by Crippen LogP contribution is -2.20. The van der Waals surface area contributed by atoms with Gasteiger partial charge in [0.1, 0.15) is 5.82 Å². The molecule has 0 aliphatic carbocycles. The lowest BCUT2D eigenvalue weighted by molar-refractivity contribution is -0.136. The van der Waals surface area contributed by atoms with Gasteiger partial charge in [-0.2, -0.15) is 0 Å². The van der Waals surface area contributed by atoms with Gasteiger partial charge in [0.05, 0.1) is 23.5 Å². The molecule has 0 saturated carbocycles. The first-order valence-electron chi connectivity index (χ1n) is 6.64. The number of nitrogens with zero attached hydrogens (tertiary/aromatic N) is 1. The van der Waals surface area contributed by atoms with Gasteiger partial charge in [-0.25, -0.2) is 12.8 Å². The molecule has 1 aromatic rings. The van der Waals surface area contributed by atoms with Gasteiger partial charge in [0.2, 0.25) is 10.0 Å². The SMILES string of the molecule is O=C(O)CCS(=O)(=O)Nc1ccc(N2CCCC2)c(F)c1. The molecule has 2 N–H and O–H groups in total. The Bertz CT molecular complexity index is 627. The first-order chi connectivity index (χ1) is 9.87. The van der Waals surface area contributed by atoms with Crippen molar-refractivity contribution in [2.75, 3.05) is 28.5 Å². The lowest BCUT2D eigenvalue weighted by atomic mass is 10.2. The van der Waals surface area contributed by atoms with Crippen LogP contribution in [0.2, 0.25) is 0 Å². The van der Waals surface area contributed by atoms with Crippen molar-refractivity contribution in [3.8, 4) is 0 Å². The Kier molecular flexibility index (Phi) is 4.66. The summed E-state index contributed by atoms with van der Waals surface area (Å²) < 4.78 is 39.5. The predicted molar refractivity (Wildman–Crippen MR) is 77.5 cm³/mol. The summed E-state index contributed by atoms with van der Waals surface area (Å²) in [7, 11) is -3.79. The van der Waals surface area contributed by atoms with Crippen LogP contribution < -0.4 is 9.62 Å². The van der Waals surface area contributed by atoms with Crippen LogP contribution in [0, 0.1) is 5.82 Å². The van der Waals surface area contributed by atoms with Crippen LogP contribution in [0.1, 0.15) is 19.3 Å². The van der Waals surface area contributed by atoms with Crippen molar-refractivity contribution >= 4 is 27.4 Å². The smallest absolute Gasteiger partial charge is 0.304 e. The van der Waals surface area contributed by atoms with Gasteiger partial charge in [0.25, 0.3) is 0 Å². The van der Waals surface area contributed by atoms with Crippen molar-refractivity contribution in [1.29, 1.82) is 0 Å². The van der Waals surface area contributed by atoms with Crippen LogP contribution in [-0.4, -0.2) is 38.3 Å². The van der Waals surface area contributed by atoms with Gasteiger partial charge in [-0.05, 0) is 25.0 Å². The van der Waals surface area contributed by atoms with E-state index in [0.717, 1.165) is 32.0 Å². The molecular weight excluding hydrogens is 299 g/mol. The number of aliphatic carboxylic acids is 1. The van der Waals surface area contributed by atoms with E-state index in [1.807, 2.05) is 4.90 Å². The lowest BCUT2D eigenvalue weighted by Gasteiger charge is -2.19. The first-order valence-corrected chi connectivity index (χ1v) is 8.29. The molecule has 0 bridgehead atoms. The van der Waals surface area contributed by atoms with Crippen LogP contribution in [0.3, 0.4) is 0 Å². The maximum Gasteiger partial charge on any atom is 0.304 e. The Morgan fingerprint density at radius 3 is 2.57 bits per heavy atom. The molecule has 21 heavy (non-hydrogen) atoms. The van der Waals surface area contributed by atoms with E-state index in [1.165, 1.54) is 12.1 Å². The molecule has 0 atom stereocenters. The van der Waals surface area contributed by atoms with Crippen LogP contribution in [0.5, 0.6) is 0 Å². The molecule has 116 valence electrons. The summed E-state index contributed by atoms with van der Waals surface area (Å²) in [6.45, 7) is 1.58. The van der Waals surface area contributed by atoms with Gasteiger partial charge in [-0.3, -0.25) is 9.52 Å². The van der Waals surface area contributed by atoms with Crippen LogP contribution in [-0.2, 0) is 14.8 Å². The number of sulfonamides is 1. The molecule has 0 aromatic heterocycles. The molecule has 6 nitrogen and oxygen atoms in total. The number of rotatable bonds is 6. The minimum atomic E-state index is -3.79. The molecule has 0 radical (unpaired) electrons. The number of carboxylic acid groups (broad SMARTS) is 1. The van der Waals surface area contributed by atoms with Gasteiger partial charge in [0.15, 0.2) is 0 Å². The van der Waals surface area contributed by atoms with Crippen LogP contribution in [0.4, 0.5) is 15.8 Å². The summed E-state index contributed by atoms with van der Waals surface area (Å²) in [6, 6.07) is 4.14. The van der Waals surface area contributed by atoms with E-state index in [0.29, 0.717) is 5.69 Å². The third kappa shape index (κ3) is 4.32. The number of hydrogen-bond donors (Lipinski definition) is 2. The highest BCUT2D eigenvalue weighted by Gasteiger charge is 2.18. The van der Waals surface area contributed by atoms with Crippen molar-refractivity contribution in [2.24, 2.45) is 0 Å². The fourth-order valence-electron chi connectivity index (χ4n) is 2.24. The monoisotopic (exact) mass is 316 g/mol. The Morgan fingerprint density at radius 2 is 2.00 bits per heavy atom. The number of carbonyl (C=O) groups is 1. The number of anilines is 2. The number of benzene rings is 1. The number of halogens is 1. The highest BCUT2D eigenvalue weighted by molar-refractivity contribution is 7.92. The largest absolute Gasteiger partial charge is 0.481 e. The molecule has 0 unspecified atom stereocenters. The Hall–Kier alpha value is -1.83. The van der Waals surface area contributed by atoms with E-state index in [4.69, 9.17) is 5.11 Å². The highest BCUT2D eigenvalue weighted by Crippen LogP contribution is 2.26. The van der Waals surface area contributed by atoms with Gasteiger partial charge >= 0.3 is 5.97 Å². The minimum absolute atomic E-state index is 0.0980. The first kappa shape index (κ1) is 15.6. The van der Waals surface area contributed by atoms with E-state index in [2.05, 4.69) is 4.72 Å². The second kappa shape index (κ2) is 6.30. The quantitative estimate of drug-likeness (QED) is 0.833. The molecule has 8 heteroatoms. The summed E-state index contributed by atoms with van der Waals surface area (Å²) in [4.78, 5) is 12.3. The molecule has 1 aliphatic heterocycles. The number of nitrogens with one attached hydrogen (secondary N) is 1. The van der Waals surface area contributed by atoms with E-state index in [-0.39, 0.29) is 5.69 Å². The minimum Gasteiger partial charge on any atom is -0.481 e. The van der Waals surface area contributed by atoms with Crippen LogP contribution in [0.15, 0.2) is 18.2 Å². The predicted octanol–water partition coefficient (Wildman–Crippen LogP) is 1.64. The Balaban J connectivity index is 2.07. The van der Waals surface area contributed by atoms with E-state index in [1.54, 1.807) is 0 Å². The average molecular weight is 316 g/mol. The number of carboxylic acids is 1. The second-order valence-corrected chi connectivity index (χ2v) is 6.77. The van der Waals surface area contributed by atoms with Crippen LogP contribution in [0.25, 0.3) is 0 Å². The maximum atomic E-state index is 14.0. The van der Waals surface area contributed by atoms with Gasteiger partial charge in [-0.15, -0.1) is 0 Å². The van der Waals surface area contributed by atoms with E-state index in [9.17, 15) is 17.6 Å². The maximum absolute atomic E-state index is 14.0. The molecule has 2 rings (SSSR count). The Labute approximate surface area is 122 Å². The fourth-order valence-corrected chi connectivity index (χ4v) is 3.27. The van der Waals surface area contributed by atoms with Gasteiger partial charge in [0, 0.05) is 19.2 Å². The Morgan fingerprint density at radius 1 is 1.33 bits per heavy atom. The summed E-state index contributed by atoms with van der Waals surface area (Å²) >= 11 is 0. The standard InChI is InChI=1S/C13H17FN2O4S/c14-11-9-10(15-21(19,20)8-5-13(17)18)3-4-12(11)16-6-1-2-7-16/h3-4,9,15H,1-2,5-8H2,(H,17,18). The average Bonchev–Trinajstić information content (AvgIpc) is 2.90. The zero-order chi connectivity index (χ0) is 15.5. The second-order valence-electron chi connectivity index (χ2n) is 4.93. The van der Waals surface area contributed by atoms with Gasteiger partial charge < -0.3 is 10.0 Å².